The van der Waals surface area contributed by atoms with E-state index in [1.807, 2.05) is 0 Å². The molecule has 0 radical (unpaired) electrons. The van der Waals surface area contributed by atoms with Crippen molar-refractivity contribution in [2.45, 2.75) is 18.2 Å². The van der Waals surface area contributed by atoms with Crippen LogP contribution in [0.3, 0.4) is 0 Å². The molecule has 1 aliphatic carbocycles. The lowest BCUT2D eigenvalue weighted by Gasteiger charge is -2.27. The normalized spacial score (nSPS) is 24.4. The number of likely N-dealkylation sites (tertiary alicyclic amines) is 1. The van der Waals surface area contributed by atoms with E-state index in [4.69, 9.17) is 16.3 Å². The molecule has 2 heterocycles. The second kappa shape index (κ2) is 7.66. The molecule has 3 aromatic rings. The quantitative estimate of drug-likeness (QED) is 0.407. The van der Waals surface area contributed by atoms with Crippen molar-refractivity contribution < 1.29 is 28.3 Å². The summed E-state index contributed by atoms with van der Waals surface area (Å²) in [6.45, 7) is -0.107. The molecule has 0 bridgehead atoms. The Morgan fingerprint density at radius 3 is 2.03 bits per heavy atom. The number of imide groups is 1. The number of hydrogen-bond acceptors (Lipinski definition) is 5. The average molecular weight is 490 g/mol. The standard InChI is InChI=1S/C27H17ClFNO5/c28-16-9-7-15(8-10-16)22-20-21(26(34)30(25(20)33)13-14-5-11-17(29)12-6-14)27(35-22)23(31)18-3-1-2-4-19(18)24(27)32/h1-12,20-22H,13H2/t20-,21-,22+/m1/s1. The molecule has 3 atom stereocenters. The number of halogens is 2. The van der Waals surface area contributed by atoms with Crippen LogP contribution in [0.2, 0.25) is 5.02 Å². The minimum atomic E-state index is -2.12. The Balaban J connectivity index is 1.48. The number of ketones is 2. The monoisotopic (exact) mass is 489 g/mol. The molecule has 0 N–H and O–H groups in total. The van der Waals surface area contributed by atoms with Gasteiger partial charge in [0.2, 0.25) is 29.0 Å². The number of Topliss-reactive ketones (excluding diaryl/α,β-unsaturated/α-hetero) is 2. The van der Waals surface area contributed by atoms with Gasteiger partial charge in [0.15, 0.2) is 0 Å². The van der Waals surface area contributed by atoms with Gasteiger partial charge in [-0.1, -0.05) is 60.1 Å². The van der Waals surface area contributed by atoms with Crippen LogP contribution in [0.25, 0.3) is 0 Å². The third-order valence-electron chi connectivity index (χ3n) is 7.06. The molecule has 174 valence electrons. The van der Waals surface area contributed by atoms with Crippen LogP contribution in [-0.2, 0) is 20.9 Å². The summed E-state index contributed by atoms with van der Waals surface area (Å²) in [5.41, 5.74) is -0.709. The van der Waals surface area contributed by atoms with Crippen molar-refractivity contribution in [1.29, 1.82) is 0 Å². The molecule has 0 saturated carbocycles. The number of hydrogen-bond donors (Lipinski definition) is 0. The Morgan fingerprint density at radius 1 is 0.829 bits per heavy atom. The van der Waals surface area contributed by atoms with Crippen molar-refractivity contribution >= 4 is 35.0 Å². The summed E-state index contributed by atoms with van der Waals surface area (Å²) < 4.78 is 19.6. The first kappa shape index (κ1) is 21.8. The Bertz CT molecular complexity index is 1380. The number of amides is 2. The molecule has 6 nitrogen and oxygen atoms in total. The third-order valence-corrected chi connectivity index (χ3v) is 7.31. The van der Waals surface area contributed by atoms with Gasteiger partial charge < -0.3 is 4.74 Å². The highest BCUT2D eigenvalue weighted by Gasteiger charge is 2.74. The van der Waals surface area contributed by atoms with Gasteiger partial charge in [0.05, 0.1) is 24.5 Å². The van der Waals surface area contributed by atoms with Gasteiger partial charge in [-0.3, -0.25) is 24.1 Å². The third kappa shape index (κ3) is 2.98. The smallest absolute Gasteiger partial charge is 0.237 e. The highest BCUT2D eigenvalue weighted by Crippen LogP contribution is 2.57. The number of carbonyl (C=O) groups is 4. The minimum Gasteiger partial charge on any atom is -0.349 e. The maximum atomic E-state index is 13.7. The van der Waals surface area contributed by atoms with Crippen LogP contribution in [0.15, 0.2) is 72.8 Å². The molecule has 6 rings (SSSR count). The van der Waals surface area contributed by atoms with Gasteiger partial charge >= 0.3 is 0 Å². The summed E-state index contributed by atoms with van der Waals surface area (Å²) in [5, 5.41) is 0.463. The highest BCUT2D eigenvalue weighted by molar-refractivity contribution is 6.35. The van der Waals surface area contributed by atoms with E-state index in [0.29, 0.717) is 16.1 Å². The van der Waals surface area contributed by atoms with E-state index in [1.54, 1.807) is 36.4 Å². The molecule has 1 spiro atoms. The van der Waals surface area contributed by atoms with E-state index in [2.05, 4.69) is 0 Å². The van der Waals surface area contributed by atoms with Gasteiger partial charge in [0.1, 0.15) is 5.82 Å². The molecule has 8 heteroatoms. The molecular weight excluding hydrogens is 473 g/mol. The first-order valence-corrected chi connectivity index (χ1v) is 11.4. The number of fused-ring (bicyclic) bond motifs is 3. The first-order chi connectivity index (χ1) is 16.8. The minimum absolute atomic E-state index is 0.107. The Hall–Kier alpha value is -3.68. The second-order valence-electron chi connectivity index (χ2n) is 8.92. The SMILES string of the molecule is O=C1[C@H]2[C@H](c3ccc(Cl)cc3)OC3(C(=O)c4ccccc4C3=O)[C@H]2C(=O)N1Cc1ccc(F)cc1. The van der Waals surface area contributed by atoms with Crippen LogP contribution in [0.4, 0.5) is 4.39 Å². The van der Waals surface area contributed by atoms with E-state index in [-0.39, 0.29) is 17.7 Å². The molecule has 0 aromatic heterocycles. The fraction of sp³-hybridized carbons (Fsp3) is 0.185. The van der Waals surface area contributed by atoms with E-state index < -0.39 is 52.7 Å². The van der Waals surface area contributed by atoms with Gasteiger partial charge in [-0.25, -0.2) is 4.39 Å². The zero-order valence-corrected chi connectivity index (χ0v) is 18.9. The topological polar surface area (TPSA) is 80.8 Å². The Morgan fingerprint density at radius 2 is 1.43 bits per heavy atom. The van der Waals surface area contributed by atoms with Crippen molar-refractivity contribution in [2.24, 2.45) is 11.8 Å². The lowest BCUT2D eigenvalue weighted by atomic mass is 9.77. The van der Waals surface area contributed by atoms with Crippen molar-refractivity contribution in [3.8, 4) is 0 Å². The second-order valence-corrected chi connectivity index (χ2v) is 9.36. The zero-order chi connectivity index (χ0) is 24.5. The number of benzene rings is 3. The molecular formula is C27H17ClFNO5. The predicted octanol–water partition coefficient (Wildman–Crippen LogP) is 4.17. The van der Waals surface area contributed by atoms with Gasteiger partial charge in [-0.2, -0.15) is 0 Å². The first-order valence-electron chi connectivity index (χ1n) is 11.0. The summed E-state index contributed by atoms with van der Waals surface area (Å²) in [6.07, 6.45) is -1.01. The number of rotatable bonds is 3. The number of nitrogens with zero attached hydrogens (tertiary/aromatic N) is 1. The van der Waals surface area contributed by atoms with E-state index in [1.165, 1.54) is 36.4 Å². The van der Waals surface area contributed by atoms with Gasteiger partial charge in [0, 0.05) is 16.1 Å². The molecule has 3 aromatic carbocycles. The lowest BCUT2D eigenvalue weighted by molar-refractivity contribution is -0.145. The fourth-order valence-electron chi connectivity index (χ4n) is 5.46. The molecule has 0 unspecified atom stereocenters. The van der Waals surface area contributed by atoms with Gasteiger partial charge in [0.25, 0.3) is 0 Å². The van der Waals surface area contributed by atoms with Crippen molar-refractivity contribution in [3.05, 3.63) is 106 Å². The summed E-state index contributed by atoms with van der Waals surface area (Å²) in [5.74, 6) is -5.27. The summed E-state index contributed by atoms with van der Waals surface area (Å²) in [7, 11) is 0. The molecule has 2 fully saturated rings. The highest BCUT2D eigenvalue weighted by atomic mass is 35.5. The predicted molar refractivity (Wildman–Crippen MR) is 122 cm³/mol. The van der Waals surface area contributed by atoms with Crippen LogP contribution >= 0.6 is 11.6 Å². The molecule has 2 aliphatic heterocycles. The van der Waals surface area contributed by atoms with Crippen molar-refractivity contribution in [3.63, 3.8) is 0 Å². The average Bonchev–Trinajstić information content (AvgIpc) is 3.42. The maximum absolute atomic E-state index is 13.7. The number of ether oxygens (including phenoxy) is 1. The summed E-state index contributed by atoms with van der Waals surface area (Å²) in [4.78, 5) is 55.8. The maximum Gasteiger partial charge on any atom is 0.237 e. The molecule has 3 aliphatic rings. The Labute approximate surface area is 204 Å². The van der Waals surface area contributed by atoms with Crippen LogP contribution < -0.4 is 0 Å². The largest absolute Gasteiger partial charge is 0.349 e. The van der Waals surface area contributed by atoms with Gasteiger partial charge in [-0.05, 0) is 35.4 Å². The zero-order valence-electron chi connectivity index (χ0n) is 18.1. The van der Waals surface area contributed by atoms with Crippen LogP contribution in [-0.4, -0.2) is 33.9 Å². The Kier molecular flexibility index (Phi) is 4.78. The fourth-order valence-corrected chi connectivity index (χ4v) is 5.58. The van der Waals surface area contributed by atoms with E-state index in [0.717, 1.165) is 4.90 Å². The summed E-state index contributed by atoms with van der Waals surface area (Å²) >= 11 is 6.03. The van der Waals surface area contributed by atoms with Gasteiger partial charge in [-0.15, -0.1) is 0 Å². The van der Waals surface area contributed by atoms with Crippen molar-refractivity contribution in [1.82, 2.24) is 4.90 Å². The molecule has 35 heavy (non-hydrogen) atoms. The van der Waals surface area contributed by atoms with E-state index in [9.17, 15) is 23.6 Å². The lowest BCUT2D eigenvalue weighted by Crippen LogP contribution is -2.50. The van der Waals surface area contributed by atoms with Crippen LogP contribution in [0.1, 0.15) is 37.9 Å². The molecule has 2 saturated heterocycles. The van der Waals surface area contributed by atoms with E-state index >= 15 is 0 Å². The van der Waals surface area contributed by atoms with Crippen LogP contribution in [0.5, 0.6) is 0 Å². The van der Waals surface area contributed by atoms with Crippen LogP contribution in [0, 0.1) is 17.7 Å². The number of carbonyl (C=O) groups excluding carboxylic acids is 4. The summed E-state index contributed by atoms with van der Waals surface area (Å²) in [6, 6.07) is 18.3. The van der Waals surface area contributed by atoms with Crippen molar-refractivity contribution in [2.75, 3.05) is 0 Å². The molecule has 2 amide bonds.